The van der Waals surface area contributed by atoms with Crippen LogP contribution in [0.4, 0.5) is 13.2 Å². The number of pyridine rings is 1. The molecule has 0 aliphatic rings. The molecule has 0 aliphatic heterocycles. The van der Waals surface area contributed by atoms with Crippen molar-refractivity contribution in [3.05, 3.63) is 35.4 Å². The highest BCUT2D eigenvalue weighted by atomic mass is 32.2. The number of aromatic nitrogens is 6. The van der Waals surface area contributed by atoms with E-state index in [0.29, 0.717) is 5.56 Å². The van der Waals surface area contributed by atoms with Crippen molar-refractivity contribution in [2.45, 2.75) is 51.4 Å². The van der Waals surface area contributed by atoms with Crippen LogP contribution >= 0.6 is 0 Å². The van der Waals surface area contributed by atoms with Crippen molar-refractivity contribution in [2.75, 3.05) is 5.75 Å². The van der Waals surface area contributed by atoms with Crippen LogP contribution in [0.25, 0.3) is 28.1 Å². The minimum atomic E-state index is -4.68. The highest BCUT2D eigenvalue weighted by Crippen LogP contribution is 2.35. The van der Waals surface area contributed by atoms with Gasteiger partial charge in [0.05, 0.1) is 23.0 Å². The molecular formula is C22H24F3N7O3S. The molecule has 36 heavy (non-hydrogen) atoms. The Bertz CT molecular complexity index is 1630. The number of fused-ring (bicyclic) bond motifs is 2. The first-order valence-corrected chi connectivity index (χ1v) is 12.5. The Morgan fingerprint density at radius 3 is 2.39 bits per heavy atom. The number of alkyl halides is 3. The SMILES string of the molecule is CCS(=O)(=O)c1nn2c(C(=O)NC(C)(C)C)c(C)cnc2c1-c1nc2cc(C(F)(F)F)ncc2n1C. The van der Waals surface area contributed by atoms with Crippen LogP contribution in [0.15, 0.2) is 23.5 Å². The highest BCUT2D eigenvalue weighted by Gasteiger charge is 2.34. The van der Waals surface area contributed by atoms with E-state index in [0.717, 1.165) is 16.8 Å². The molecule has 0 saturated heterocycles. The molecule has 0 aliphatic carbocycles. The van der Waals surface area contributed by atoms with Crippen LogP contribution in [0.1, 0.15) is 49.4 Å². The largest absolute Gasteiger partial charge is 0.433 e. The first-order valence-electron chi connectivity index (χ1n) is 10.9. The maximum absolute atomic E-state index is 13.2. The molecule has 0 fully saturated rings. The standard InChI is InChI=1S/C22H24F3N7O3S/c1-7-36(34,35)20-15(18-28-12-8-14(22(23,24)25)26-10-13(12)31(18)6)17-27-9-11(2)16(32(17)30-20)19(33)29-21(3,4)5/h8-10H,7H2,1-6H3,(H,29,33). The minimum Gasteiger partial charge on any atom is -0.346 e. The van der Waals surface area contributed by atoms with Gasteiger partial charge in [0.25, 0.3) is 5.91 Å². The van der Waals surface area contributed by atoms with Crippen LogP contribution in [0.3, 0.4) is 0 Å². The van der Waals surface area contributed by atoms with Gasteiger partial charge in [0, 0.05) is 18.8 Å². The maximum atomic E-state index is 13.2. The topological polar surface area (TPSA) is 124 Å². The van der Waals surface area contributed by atoms with E-state index in [9.17, 15) is 26.4 Å². The number of halogens is 3. The summed E-state index contributed by atoms with van der Waals surface area (Å²) in [6.07, 6.45) is -2.25. The van der Waals surface area contributed by atoms with Gasteiger partial charge in [0.15, 0.2) is 20.5 Å². The van der Waals surface area contributed by atoms with Crippen LogP contribution in [0.2, 0.25) is 0 Å². The molecule has 4 rings (SSSR count). The van der Waals surface area contributed by atoms with Crippen molar-refractivity contribution in [3.63, 3.8) is 0 Å². The molecule has 0 bridgehead atoms. The van der Waals surface area contributed by atoms with Gasteiger partial charge in [-0.05, 0) is 39.3 Å². The van der Waals surface area contributed by atoms with Crippen molar-refractivity contribution in [3.8, 4) is 11.4 Å². The maximum Gasteiger partial charge on any atom is 0.433 e. The second-order valence-corrected chi connectivity index (χ2v) is 11.6. The number of imidazole rings is 1. The number of carbonyl (C=O) groups excluding carboxylic acids is 1. The van der Waals surface area contributed by atoms with E-state index >= 15 is 0 Å². The fraction of sp³-hybridized carbons (Fsp3) is 0.409. The number of hydrogen-bond acceptors (Lipinski definition) is 7. The second kappa shape index (κ2) is 8.25. The summed E-state index contributed by atoms with van der Waals surface area (Å²) in [5.74, 6) is -0.784. The van der Waals surface area contributed by atoms with Crippen molar-refractivity contribution in [2.24, 2.45) is 7.05 Å². The lowest BCUT2D eigenvalue weighted by molar-refractivity contribution is -0.141. The van der Waals surface area contributed by atoms with Gasteiger partial charge < -0.3 is 9.88 Å². The molecule has 0 atom stereocenters. The summed E-state index contributed by atoms with van der Waals surface area (Å²) in [7, 11) is -2.45. The van der Waals surface area contributed by atoms with Crippen LogP contribution < -0.4 is 5.32 Å². The van der Waals surface area contributed by atoms with Gasteiger partial charge in [0.2, 0.25) is 0 Å². The Kier molecular flexibility index (Phi) is 5.85. The van der Waals surface area contributed by atoms with Gasteiger partial charge in [-0.25, -0.2) is 27.9 Å². The molecule has 14 heteroatoms. The Balaban J connectivity index is 2.08. The molecule has 10 nitrogen and oxygen atoms in total. The van der Waals surface area contributed by atoms with Gasteiger partial charge in [-0.1, -0.05) is 6.92 Å². The number of carbonyl (C=O) groups is 1. The molecule has 0 saturated carbocycles. The summed E-state index contributed by atoms with van der Waals surface area (Å²) in [6, 6.07) is 0.790. The lowest BCUT2D eigenvalue weighted by Gasteiger charge is -2.21. The average molecular weight is 524 g/mol. The van der Waals surface area contributed by atoms with Crippen LogP contribution in [0.5, 0.6) is 0 Å². The van der Waals surface area contributed by atoms with E-state index < -0.39 is 33.2 Å². The monoisotopic (exact) mass is 523 g/mol. The van der Waals surface area contributed by atoms with Gasteiger partial charge in [-0.3, -0.25) is 4.79 Å². The fourth-order valence-corrected chi connectivity index (χ4v) is 4.72. The molecular weight excluding hydrogens is 499 g/mol. The molecule has 1 N–H and O–H groups in total. The van der Waals surface area contributed by atoms with Crippen LogP contribution in [-0.4, -0.2) is 54.7 Å². The van der Waals surface area contributed by atoms with Gasteiger partial charge in [-0.15, -0.1) is 0 Å². The molecule has 4 aromatic rings. The van der Waals surface area contributed by atoms with E-state index in [2.05, 4.69) is 25.4 Å². The normalized spacial score (nSPS) is 13.0. The molecule has 1 amide bonds. The Hall–Kier alpha value is -3.55. The number of sulfone groups is 1. The number of amides is 1. The third-order valence-electron chi connectivity index (χ3n) is 5.45. The van der Waals surface area contributed by atoms with Crippen molar-refractivity contribution in [1.29, 1.82) is 0 Å². The zero-order valence-corrected chi connectivity index (χ0v) is 21.2. The zero-order valence-electron chi connectivity index (χ0n) is 20.4. The highest BCUT2D eigenvalue weighted by molar-refractivity contribution is 7.91. The van der Waals surface area contributed by atoms with Gasteiger partial charge >= 0.3 is 6.18 Å². The third kappa shape index (κ3) is 4.29. The van der Waals surface area contributed by atoms with E-state index in [-0.39, 0.29) is 44.5 Å². The van der Waals surface area contributed by atoms with Crippen molar-refractivity contribution in [1.82, 2.24) is 34.4 Å². The first-order chi connectivity index (χ1) is 16.5. The molecule has 192 valence electrons. The molecule has 0 aromatic carbocycles. The van der Waals surface area contributed by atoms with Crippen LogP contribution in [-0.2, 0) is 23.1 Å². The Labute approximate surface area is 204 Å². The first kappa shape index (κ1) is 25.5. The fourth-order valence-electron chi connectivity index (χ4n) is 3.74. The number of rotatable bonds is 4. The number of nitrogens with zero attached hydrogens (tertiary/aromatic N) is 6. The summed E-state index contributed by atoms with van der Waals surface area (Å²) in [6.45, 7) is 8.45. The summed E-state index contributed by atoms with van der Waals surface area (Å²) in [5.41, 5.74) is -0.981. The predicted molar refractivity (Wildman–Crippen MR) is 125 cm³/mol. The molecule has 0 radical (unpaired) electrons. The summed E-state index contributed by atoms with van der Waals surface area (Å²) >= 11 is 0. The predicted octanol–water partition coefficient (Wildman–Crippen LogP) is 3.33. The van der Waals surface area contributed by atoms with E-state index in [1.54, 1.807) is 27.7 Å². The molecule has 4 heterocycles. The summed E-state index contributed by atoms with van der Waals surface area (Å²) in [4.78, 5) is 25.2. The average Bonchev–Trinajstić information content (AvgIpc) is 3.29. The quantitative estimate of drug-likeness (QED) is 0.435. The number of hydrogen-bond donors (Lipinski definition) is 1. The lowest BCUT2D eigenvalue weighted by atomic mass is 10.1. The van der Waals surface area contributed by atoms with Gasteiger partial charge in [0.1, 0.15) is 22.8 Å². The second-order valence-electron chi connectivity index (χ2n) is 9.36. The molecule has 0 spiro atoms. The molecule has 4 aromatic heterocycles. The minimum absolute atomic E-state index is 0.0195. The van der Waals surface area contributed by atoms with E-state index in [1.807, 2.05) is 0 Å². The summed E-state index contributed by atoms with van der Waals surface area (Å²) in [5, 5.41) is 6.72. The smallest absolute Gasteiger partial charge is 0.346 e. The van der Waals surface area contributed by atoms with Crippen molar-refractivity contribution < 1.29 is 26.4 Å². The Morgan fingerprint density at radius 1 is 1.14 bits per heavy atom. The van der Waals surface area contributed by atoms with Crippen LogP contribution in [0, 0.1) is 6.92 Å². The van der Waals surface area contributed by atoms with E-state index in [4.69, 9.17) is 0 Å². The van der Waals surface area contributed by atoms with Crippen molar-refractivity contribution >= 4 is 32.4 Å². The third-order valence-corrected chi connectivity index (χ3v) is 7.09. The number of nitrogens with one attached hydrogen (secondary N) is 1. The number of aryl methyl sites for hydroxylation is 2. The molecule has 0 unspecified atom stereocenters. The Morgan fingerprint density at radius 2 is 1.81 bits per heavy atom. The van der Waals surface area contributed by atoms with Gasteiger partial charge in [-0.2, -0.15) is 18.3 Å². The zero-order chi connectivity index (χ0) is 26.8. The lowest BCUT2D eigenvalue weighted by Crippen LogP contribution is -2.41. The summed E-state index contributed by atoms with van der Waals surface area (Å²) < 4.78 is 68.3. The van der Waals surface area contributed by atoms with E-state index in [1.165, 1.54) is 24.7 Å².